The molecule has 0 aliphatic carbocycles. The Labute approximate surface area is 186 Å². The van der Waals surface area contributed by atoms with Crippen LogP contribution in [0.1, 0.15) is 23.0 Å². The first-order valence-corrected chi connectivity index (χ1v) is 10.0. The van der Waals surface area contributed by atoms with Crippen LogP contribution in [0, 0.1) is 12.7 Å². The summed E-state index contributed by atoms with van der Waals surface area (Å²) in [5, 5.41) is 9.17. The van der Waals surface area contributed by atoms with Gasteiger partial charge in [0.2, 0.25) is 0 Å². The van der Waals surface area contributed by atoms with E-state index in [0.717, 1.165) is 0 Å². The van der Waals surface area contributed by atoms with Gasteiger partial charge >= 0.3 is 18.0 Å². The zero-order valence-corrected chi connectivity index (χ0v) is 17.7. The van der Waals surface area contributed by atoms with Crippen LogP contribution in [0.15, 0.2) is 46.1 Å². The summed E-state index contributed by atoms with van der Waals surface area (Å²) in [6.45, 7) is 3.02. The molecule has 3 aromatic rings. The number of carbonyl (C=O) groups excluding carboxylic acids is 3. The van der Waals surface area contributed by atoms with Crippen LogP contribution >= 0.6 is 0 Å². The van der Waals surface area contributed by atoms with Gasteiger partial charge in [-0.25, -0.2) is 23.8 Å². The Kier molecular flexibility index (Phi) is 6.03. The predicted molar refractivity (Wildman–Crippen MR) is 112 cm³/mol. The fraction of sp³-hybridized carbons (Fsp3) is 0.227. The number of esters is 2. The number of nitrogens with one attached hydrogen (secondary N) is 2. The molecule has 1 aliphatic rings. The van der Waals surface area contributed by atoms with E-state index in [2.05, 4.69) is 20.8 Å². The molecule has 3 heterocycles. The van der Waals surface area contributed by atoms with Crippen molar-refractivity contribution in [3.63, 3.8) is 0 Å². The molecule has 0 unspecified atom stereocenters. The molecule has 170 valence electrons. The van der Waals surface area contributed by atoms with Gasteiger partial charge in [0, 0.05) is 5.56 Å². The summed E-state index contributed by atoms with van der Waals surface area (Å²) in [5.41, 5.74) is 1.84. The average molecular weight is 454 g/mol. The average Bonchev–Trinajstić information content (AvgIpc) is 3.18. The smallest absolute Gasteiger partial charge is 0.339 e. The van der Waals surface area contributed by atoms with E-state index < -0.39 is 23.8 Å². The Bertz CT molecular complexity index is 1280. The van der Waals surface area contributed by atoms with Crippen LogP contribution in [-0.4, -0.2) is 47.9 Å². The van der Waals surface area contributed by atoms with Crippen LogP contribution < -0.4 is 10.6 Å². The fourth-order valence-corrected chi connectivity index (χ4v) is 3.31. The second-order valence-electron chi connectivity index (χ2n) is 7.07. The topological polar surface area (TPSA) is 133 Å². The number of ether oxygens (including phenoxy) is 2. The summed E-state index contributed by atoms with van der Waals surface area (Å²) in [7, 11) is 0. The van der Waals surface area contributed by atoms with Crippen molar-refractivity contribution in [2.75, 3.05) is 19.8 Å². The van der Waals surface area contributed by atoms with Gasteiger partial charge in [-0.2, -0.15) is 0 Å². The zero-order chi connectivity index (χ0) is 23.5. The van der Waals surface area contributed by atoms with Gasteiger partial charge < -0.3 is 24.6 Å². The third kappa shape index (κ3) is 4.52. The molecule has 2 N–H and O–H groups in total. The number of aromatic nitrogens is 2. The van der Waals surface area contributed by atoms with Crippen molar-refractivity contribution in [1.82, 2.24) is 20.8 Å². The van der Waals surface area contributed by atoms with Crippen molar-refractivity contribution in [2.24, 2.45) is 0 Å². The van der Waals surface area contributed by atoms with Crippen molar-refractivity contribution in [3.8, 4) is 11.3 Å². The van der Waals surface area contributed by atoms with E-state index in [-0.39, 0.29) is 42.3 Å². The first-order valence-electron chi connectivity index (χ1n) is 10.0. The molecule has 1 aromatic carbocycles. The number of nitrogens with zero attached hydrogens (tertiary/aromatic N) is 2. The monoisotopic (exact) mass is 454 g/mol. The normalized spacial score (nSPS) is 13.5. The van der Waals surface area contributed by atoms with Crippen LogP contribution in [0.25, 0.3) is 22.4 Å². The number of urea groups is 1. The third-order valence-corrected chi connectivity index (χ3v) is 4.90. The Morgan fingerprint density at radius 1 is 1.18 bits per heavy atom. The summed E-state index contributed by atoms with van der Waals surface area (Å²) in [6.07, 6.45) is 0. The van der Waals surface area contributed by atoms with Crippen LogP contribution in [0.2, 0.25) is 0 Å². The highest BCUT2D eigenvalue weighted by Crippen LogP contribution is 2.28. The molecule has 0 radical (unpaired) electrons. The first-order chi connectivity index (χ1) is 15.9. The number of pyridine rings is 1. The Morgan fingerprint density at radius 2 is 1.94 bits per heavy atom. The molecule has 0 bridgehead atoms. The minimum atomic E-state index is -0.749. The van der Waals surface area contributed by atoms with Crippen molar-refractivity contribution in [2.45, 2.75) is 13.8 Å². The molecule has 2 aromatic heterocycles. The minimum Gasteiger partial charge on any atom is -0.463 e. The third-order valence-electron chi connectivity index (χ3n) is 4.90. The summed E-state index contributed by atoms with van der Waals surface area (Å²) >= 11 is 0. The highest BCUT2D eigenvalue weighted by molar-refractivity contribution is 6.04. The number of hydrogen-bond donors (Lipinski definition) is 2. The van der Waals surface area contributed by atoms with E-state index in [1.165, 1.54) is 30.3 Å². The van der Waals surface area contributed by atoms with Crippen molar-refractivity contribution in [3.05, 3.63) is 58.7 Å². The van der Waals surface area contributed by atoms with E-state index in [0.29, 0.717) is 22.3 Å². The molecule has 0 saturated carbocycles. The van der Waals surface area contributed by atoms with E-state index in [4.69, 9.17) is 14.0 Å². The number of rotatable bonds is 6. The van der Waals surface area contributed by atoms with Crippen molar-refractivity contribution in [1.29, 1.82) is 0 Å². The summed E-state index contributed by atoms with van der Waals surface area (Å²) in [5.74, 6) is -1.79. The molecular formula is C22H19FN4O6. The maximum Gasteiger partial charge on any atom is 0.339 e. The molecule has 33 heavy (non-hydrogen) atoms. The van der Waals surface area contributed by atoms with Gasteiger partial charge in [0.05, 0.1) is 46.8 Å². The highest BCUT2D eigenvalue weighted by Gasteiger charge is 2.26. The summed E-state index contributed by atoms with van der Waals surface area (Å²) in [6, 6.07) is 6.53. The van der Waals surface area contributed by atoms with E-state index in [1.807, 2.05) is 0 Å². The fourth-order valence-electron chi connectivity index (χ4n) is 3.31. The Balaban J connectivity index is 1.66. The largest absolute Gasteiger partial charge is 0.463 e. The number of halogens is 1. The van der Waals surface area contributed by atoms with Crippen LogP contribution in [0.5, 0.6) is 0 Å². The van der Waals surface area contributed by atoms with Crippen LogP contribution in [-0.2, 0) is 14.3 Å². The second kappa shape index (κ2) is 9.07. The molecule has 0 atom stereocenters. The number of amides is 2. The van der Waals surface area contributed by atoms with Gasteiger partial charge in [0.25, 0.3) is 5.71 Å². The number of carbonyl (C=O) groups is 3. The summed E-state index contributed by atoms with van der Waals surface area (Å²) in [4.78, 5) is 41.3. The molecule has 11 heteroatoms. The lowest BCUT2D eigenvalue weighted by Gasteiger charge is -2.21. The van der Waals surface area contributed by atoms with Gasteiger partial charge in [0.15, 0.2) is 0 Å². The Hall–Kier alpha value is -4.28. The highest BCUT2D eigenvalue weighted by atomic mass is 19.1. The van der Waals surface area contributed by atoms with Gasteiger partial charge in [-0.3, -0.25) is 0 Å². The molecule has 2 amide bonds. The minimum absolute atomic E-state index is 0.0590. The number of aryl methyl sites for hydroxylation is 1. The van der Waals surface area contributed by atoms with Crippen LogP contribution in [0.4, 0.5) is 9.18 Å². The molecular weight excluding hydrogens is 435 g/mol. The standard InChI is InChI=1S/C22H19FN4O6/c1-3-31-21(29)15-9-24-22(30)26-17(15)10-32-20(28)14-8-16(12-4-6-13(23)7-5-12)25-19-18(14)11(2)27-33-19/h4-8H,3,9-10H2,1-2H3,(H2,24,26,30). The maximum absolute atomic E-state index is 13.3. The van der Waals surface area contributed by atoms with Gasteiger partial charge in [-0.1, -0.05) is 5.16 Å². The molecule has 0 fully saturated rings. The maximum atomic E-state index is 13.3. The molecule has 0 saturated heterocycles. The summed E-state index contributed by atoms with van der Waals surface area (Å²) < 4.78 is 28.9. The molecule has 0 spiro atoms. The lowest BCUT2D eigenvalue weighted by atomic mass is 10.1. The predicted octanol–water partition coefficient (Wildman–Crippen LogP) is 2.62. The number of hydrogen-bond acceptors (Lipinski definition) is 8. The number of benzene rings is 1. The molecule has 1 aliphatic heterocycles. The van der Waals surface area contributed by atoms with E-state index >= 15 is 0 Å². The lowest BCUT2D eigenvalue weighted by molar-refractivity contribution is -0.138. The Morgan fingerprint density at radius 3 is 2.67 bits per heavy atom. The van der Waals surface area contributed by atoms with Crippen molar-refractivity contribution >= 4 is 29.1 Å². The van der Waals surface area contributed by atoms with Gasteiger partial charge in [-0.05, 0) is 44.2 Å². The first kappa shape index (κ1) is 21.9. The molecule has 10 nitrogen and oxygen atoms in total. The van der Waals surface area contributed by atoms with Gasteiger partial charge in [0.1, 0.15) is 12.4 Å². The van der Waals surface area contributed by atoms with Crippen LogP contribution in [0.3, 0.4) is 0 Å². The second-order valence-corrected chi connectivity index (χ2v) is 7.07. The SMILES string of the molecule is CCOC(=O)C1=C(COC(=O)c2cc(-c3ccc(F)cc3)nc3onc(C)c23)NC(=O)NC1. The van der Waals surface area contributed by atoms with Gasteiger partial charge in [-0.15, -0.1) is 0 Å². The quantitative estimate of drug-likeness (QED) is 0.543. The lowest BCUT2D eigenvalue weighted by Crippen LogP contribution is -2.45. The molecule has 4 rings (SSSR count). The van der Waals surface area contributed by atoms with E-state index in [1.54, 1.807) is 13.8 Å². The van der Waals surface area contributed by atoms with E-state index in [9.17, 15) is 18.8 Å². The zero-order valence-electron chi connectivity index (χ0n) is 17.7. The number of fused-ring (bicyclic) bond motifs is 1. The van der Waals surface area contributed by atoms with Crippen molar-refractivity contribution < 1.29 is 32.8 Å².